The van der Waals surface area contributed by atoms with Crippen molar-refractivity contribution in [1.29, 1.82) is 0 Å². The highest BCUT2D eigenvalue weighted by atomic mass is 19.3. The van der Waals surface area contributed by atoms with Crippen LogP contribution in [0.2, 0.25) is 0 Å². The Labute approximate surface area is 195 Å². The van der Waals surface area contributed by atoms with Crippen molar-refractivity contribution in [3.63, 3.8) is 0 Å². The molecule has 0 unspecified atom stereocenters. The molecule has 1 aromatic heterocycles. The molecule has 1 N–H and O–H groups in total. The molecular weight excluding hydrogens is 450 g/mol. The first-order valence-electron chi connectivity index (χ1n) is 10.4. The molecule has 0 bridgehead atoms. The van der Waals surface area contributed by atoms with E-state index in [1.807, 2.05) is 0 Å². The highest BCUT2D eigenvalue weighted by Gasteiger charge is 2.15. The Balaban J connectivity index is 1.56. The topological polar surface area (TPSA) is 90.2 Å². The van der Waals surface area contributed by atoms with E-state index >= 15 is 0 Å². The largest absolute Gasteiger partial charge is 0.490 e. The first-order valence-corrected chi connectivity index (χ1v) is 10.4. The molecule has 3 rings (SSSR count). The van der Waals surface area contributed by atoms with Gasteiger partial charge in [0.05, 0.1) is 12.9 Å². The highest BCUT2D eigenvalue weighted by molar-refractivity contribution is 6.02. The maximum atomic E-state index is 12.6. The third-order valence-corrected chi connectivity index (χ3v) is 4.57. The number of alkyl halides is 2. The van der Waals surface area contributed by atoms with Crippen LogP contribution in [0.15, 0.2) is 65.3 Å². The van der Waals surface area contributed by atoms with Gasteiger partial charge in [-0.05, 0) is 48.9 Å². The van der Waals surface area contributed by atoms with Gasteiger partial charge >= 0.3 is 6.61 Å². The van der Waals surface area contributed by atoms with Crippen molar-refractivity contribution in [2.75, 3.05) is 25.6 Å². The molecule has 0 radical (unpaired) electrons. The number of halogens is 2. The van der Waals surface area contributed by atoms with Crippen LogP contribution in [0.3, 0.4) is 0 Å². The van der Waals surface area contributed by atoms with Gasteiger partial charge in [0, 0.05) is 25.3 Å². The van der Waals surface area contributed by atoms with E-state index < -0.39 is 12.5 Å². The molecule has 0 atom stereocenters. The summed E-state index contributed by atoms with van der Waals surface area (Å²) in [6.45, 7) is -1.01. The third kappa shape index (κ3) is 6.96. The number of carbonyl (C=O) groups is 2. The fourth-order valence-corrected chi connectivity index (χ4v) is 2.99. The van der Waals surface area contributed by atoms with Crippen molar-refractivity contribution < 1.29 is 37.0 Å². The van der Waals surface area contributed by atoms with Crippen molar-refractivity contribution in [3.8, 4) is 17.2 Å². The van der Waals surface area contributed by atoms with E-state index in [0.717, 1.165) is 0 Å². The Hall–Kier alpha value is -4.08. The molecule has 0 spiro atoms. The Morgan fingerprint density at radius 3 is 2.59 bits per heavy atom. The van der Waals surface area contributed by atoms with E-state index in [2.05, 4.69) is 10.1 Å². The molecule has 2 aromatic carbocycles. The second-order valence-electron chi connectivity index (χ2n) is 7.09. The van der Waals surface area contributed by atoms with Crippen LogP contribution >= 0.6 is 0 Å². The molecule has 180 valence electrons. The van der Waals surface area contributed by atoms with Crippen LogP contribution in [0.4, 0.5) is 14.5 Å². The van der Waals surface area contributed by atoms with E-state index in [9.17, 15) is 18.4 Å². The maximum absolute atomic E-state index is 12.6. The summed E-state index contributed by atoms with van der Waals surface area (Å²) in [5.74, 6) is -0.0523. The normalized spacial score (nSPS) is 10.6. The number of likely N-dealkylation sites (N-methyl/N-ethyl adjacent to an activating group) is 1. The number of anilines is 1. The van der Waals surface area contributed by atoms with Crippen LogP contribution in [-0.2, 0) is 11.3 Å². The van der Waals surface area contributed by atoms with E-state index in [1.54, 1.807) is 62.5 Å². The van der Waals surface area contributed by atoms with E-state index in [4.69, 9.17) is 13.9 Å². The van der Waals surface area contributed by atoms with Crippen molar-refractivity contribution in [2.24, 2.45) is 0 Å². The predicted molar refractivity (Wildman–Crippen MR) is 119 cm³/mol. The molecule has 3 aromatic rings. The summed E-state index contributed by atoms with van der Waals surface area (Å²) in [7, 11) is 1.59. The van der Waals surface area contributed by atoms with Crippen molar-refractivity contribution in [2.45, 2.75) is 20.1 Å². The molecule has 0 aliphatic rings. The minimum atomic E-state index is -2.97. The highest BCUT2D eigenvalue weighted by Crippen LogP contribution is 2.30. The summed E-state index contributed by atoms with van der Waals surface area (Å²) in [6, 6.07) is 14.3. The van der Waals surface area contributed by atoms with E-state index in [1.165, 1.54) is 17.2 Å². The number of nitrogens with one attached hydrogen (secondary N) is 1. The van der Waals surface area contributed by atoms with Crippen LogP contribution in [0, 0.1) is 0 Å². The molecular formula is C24H24F2N2O6. The molecule has 2 amide bonds. The smallest absolute Gasteiger partial charge is 0.387 e. The molecule has 34 heavy (non-hydrogen) atoms. The lowest BCUT2D eigenvalue weighted by molar-refractivity contribution is -0.132. The molecule has 0 aliphatic carbocycles. The van der Waals surface area contributed by atoms with Crippen molar-refractivity contribution >= 4 is 17.5 Å². The fourth-order valence-electron chi connectivity index (χ4n) is 2.99. The van der Waals surface area contributed by atoms with Crippen molar-refractivity contribution in [1.82, 2.24) is 4.90 Å². The Kier molecular flexibility index (Phi) is 8.44. The van der Waals surface area contributed by atoms with E-state index in [-0.39, 0.29) is 42.9 Å². The first-order chi connectivity index (χ1) is 16.4. The predicted octanol–water partition coefficient (Wildman–Crippen LogP) is 4.57. The lowest BCUT2D eigenvalue weighted by Crippen LogP contribution is -2.31. The molecule has 0 saturated heterocycles. The van der Waals surface area contributed by atoms with Gasteiger partial charge in [-0.3, -0.25) is 9.59 Å². The number of hydrogen-bond donors (Lipinski definition) is 1. The SMILES string of the molecule is CCOc1cc(CN(C)C(=O)COc2cccc(NC(=O)c3ccco3)c2)ccc1OC(F)F. The zero-order valence-corrected chi connectivity index (χ0v) is 18.6. The molecule has 1 heterocycles. The molecule has 8 nitrogen and oxygen atoms in total. The van der Waals surface area contributed by atoms with Gasteiger partial charge in [0.1, 0.15) is 5.75 Å². The number of furan rings is 1. The second kappa shape index (κ2) is 11.7. The fraction of sp³-hybridized carbons (Fsp3) is 0.250. The number of carbonyl (C=O) groups excluding carboxylic acids is 2. The van der Waals surface area contributed by atoms with Gasteiger partial charge in [-0.1, -0.05) is 12.1 Å². The molecule has 0 aliphatic heterocycles. The lowest BCUT2D eigenvalue weighted by atomic mass is 10.2. The summed E-state index contributed by atoms with van der Waals surface area (Å²) in [5, 5.41) is 2.68. The Morgan fingerprint density at radius 2 is 1.88 bits per heavy atom. The molecule has 10 heteroatoms. The average Bonchev–Trinajstić information content (AvgIpc) is 3.34. The van der Waals surface area contributed by atoms with Crippen LogP contribution < -0.4 is 19.5 Å². The monoisotopic (exact) mass is 474 g/mol. The number of ether oxygens (including phenoxy) is 3. The number of amides is 2. The Morgan fingerprint density at radius 1 is 1.06 bits per heavy atom. The first kappa shape index (κ1) is 24.6. The minimum Gasteiger partial charge on any atom is -0.490 e. The quantitative estimate of drug-likeness (QED) is 0.438. The maximum Gasteiger partial charge on any atom is 0.387 e. The van der Waals surface area contributed by atoms with Crippen LogP contribution in [0.1, 0.15) is 23.0 Å². The van der Waals surface area contributed by atoms with Gasteiger partial charge < -0.3 is 28.8 Å². The number of nitrogens with zero attached hydrogens (tertiary/aromatic N) is 1. The summed E-state index contributed by atoms with van der Waals surface area (Å²) in [4.78, 5) is 26.1. The van der Waals surface area contributed by atoms with Gasteiger partial charge in [0.15, 0.2) is 23.9 Å². The van der Waals surface area contributed by atoms with Gasteiger partial charge in [0.25, 0.3) is 11.8 Å². The van der Waals surface area contributed by atoms with Gasteiger partial charge in [-0.2, -0.15) is 8.78 Å². The summed E-state index contributed by atoms with van der Waals surface area (Å²) in [5.41, 5.74) is 1.15. The number of benzene rings is 2. The van der Waals surface area contributed by atoms with Crippen molar-refractivity contribution in [3.05, 3.63) is 72.2 Å². The zero-order chi connectivity index (χ0) is 24.5. The average molecular weight is 474 g/mol. The lowest BCUT2D eigenvalue weighted by Gasteiger charge is -2.19. The van der Waals surface area contributed by atoms with Crippen LogP contribution in [-0.4, -0.2) is 43.6 Å². The molecule has 0 fully saturated rings. The van der Waals surface area contributed by atoms with Gasteiger partial charge in [-0.15, -0.1) is 0 Å². The Bertz CT molecular complexity index is 1100. The standard InChI is InChI=1S/C24H24F2N2O6/c1-3-31-21-12-16(9-10-19(21)34-24(25)26)14-28(2)22(29)15-33-18-7-4-6-17(13-18)27-23(30)20-8-5-11-32-20/h4-13,24H,3,14-15H2,1-2H3,(H,27,30). The second-order valence-corrected chi connectivity index (χ2v) is 7.09. The third-order valence-electron chi connectivity index (χ3n) is 4.57. The van der Waals surface area contributed by atoms with Crippen LogP contribution in [0.25, 0.3) is 0 Å². The van der Waals surface area contributed by atoms with E-state index in [0.29, 0.717) is 17.0 Å². The van der Waals surface area contributed by atoms with Gasteiger partial charge in [0.2, 0.25) is 0 Å². The van der Waals surface area contributed by atoms with Gasteiger partial charge in [-0.25, -0.2) is 0 Å². The number of rotatable bonds is 11. The van der Waals surface area contributed by atoms with Crippen LogP contribution in [0.5, 0.6) is 17.2 Å². The number of hydrogen-bond acceptors (Lipinski definition) is 6. The minimum absolute atomic E-state index is 0.0723. The summed E-state index contributed by atoms with van der Waals surface area (Å²) >= 11 is 0. The molecule has 0 saturated carbocycles. The summed E-state index contributed by atoms with van der Waals surface area (Å²) in [6.07, 6.45) is 1.40. The zero-order valence-electron chi connectivity index (χ0n) is 18.6. The summed E-state index contributed by atoms with van der Waals surface area (Å²) < 4.78 is 45.6.